The van der Waals surface area contributed by atoms with Crippen molar-refractivity contribution in [1.29, 1.82) is 0 Å². The van der Waals surface area contributed by atoms with Gasteiger partial charge in [0.25, 0.3) is 0 Å². The Morgan fingerprint density at radius 2 is 2.40 bits per heavy atom. The van der Waals surface area contributed by atoms with E-state index in [9.17, 15) is 8.60 Å². The van der Waals surface area contributed by atoms with Crippen LogP contribution in [0.1, 0.15) is 24.9 Å². The quantitative estimate of drug-likeness (QED) is 0.855. The van der Waals surface area contributed by atoms with Gasteiger partial charge in [0.05, 0.1) is 10.8 Å². The molecule has 0 spiro atoms. The molecule has 0 saturated carbocycles. The average Bonchev–Trinajstić information content (AvgIpc) is 2.52. The zero-order valence-electron chi connectivity index (χ0n) is 8.63. The minimum absolute atomic E-state index is 0.0523. The molecule has 2 atom stereocenters. The van der Waals surface area contributed by atoms with E-state index in [1.54, 1.807) is 6.07 Å². The van der Waals surface area contributed by atoms with E-state index in [0.29, 0.717) is 5.75 Å². The van der Waals surface area contributed by atoms with Gasteiger partial charge in [0, 0.05) is 16.7 Å². The lowest BCUT2D eigenvalue weighted by atomic mass is 10.1. The van der Waals surface area contributed by atoms with Gasteiger partial charge in [-0.25, -0.2) is 4.39 Å². The van der Waals surface area contributed by atoms with Gasteiger partial charge in [-0.2, -0.15) is 0 Å². The summed E-state index contributed by atoms with van der Waals surface area (Å²) in [4.78, 5) is 0.782. The summed E-state index contributed by atoms with van der Waals surface area (Å²) in [5, 5.41) is 3.29. The zero-order chi connectivity index (χ0) is 10.8. The number of hydrogen-bond donors (Lipinski definition) is 1. The molecule has 0 amide bonds. The smallest absolute Gasteiger partial charge is 0.123 e. The van der Waals surface area contributed by atoms with Crippen LogP contribution in [0.2, 0.25) is 0 Å². The first-order valence-electron chi connectivity index (χ1n) is 5.13. The van der Waals surface area contributed by atoms with Gasteiger partial charge >= 0.3 is 0 Å². The fourth-order valence-corrected chi connectivity index (χ4v) is 3.28. The molecule has 1 heterocycles. The largest absolute Gasteiger partial charge is 0.309 e. The highest BCUT2D eigenvalue weighted by molar-refractivity contribution is 7.85. The van der Waals surface area contributed by atoms with Crippen molar-refractivity contribution in [2.75, 3.05) is 12.3 Å². The van der Waals surface area contributed by atoms with Gasteiger partial charge in [-0.3, -0.25) is 4.21 Å². The molecule has 0 bridgehead atoms. The van der Waals surface area contributed by atoms with Crippen LogP contribution in [-0.4, -0.2) is 16.5 Å². The van der Waals surface area contributed by atoms with E-state index in [-0.39, 0.29) is 11.9 Å². The Hall–Kier alpha value is -0.740. The molecule has 0 saturated heterocycles. The molecule has 0 aromatic heterocycles. The monoisotopic (exact) mass is 227 g/mol. The van der Waals surface area contributed by atoms with Crippen molar-refractivity contribution in [1.82, 2.24) is 5.32 Å². The lowest BCUT2D eigenvalue weighted by Crippen LogP contribution is -2.22. The summed E-state index contributed by atoms with van der Waals surface area (Å²) in [5.41, 5.74) is 0.863. The minimum Gasteiger partial charge on any atom is -0.309 e. The second-order valence-electron chi connectivity index (χ2n) is 3.70. The Bertz CT molecular complexity index is 394. The molecule has 15 heavy (non-hydrogen) atoms. The van der Waals surface area contributed by atoms with Crippen LogP contribution in [0.25, 0.3) is 0 Å². The Balaban J connectivity index is 2.27. The Morgan fingerprint density at radius 3 is 3.13 bits per heavy atom. The van der Waals surface area contributed by atoms with E-state index in [4.69, 9.17) is 0 Å². The Morgan fingerprint density at radius 1 is 1.60 bits per heavy atom. The topological polar surface area (TPSA) is 29.1 Å². The fraction of sp³-hybridized carbons (Fsp3) is 0.455. The molecule has 1 aliphatic rings. The molecule has 0 aliphatic carbocycles. The minimum atomic E-state index is -0.969. The van der Waals surface area contributed by atoms with Gasteiger partial charge in [0.15, 0.2) is 0 Å². The summed E-state index contributed by atoms with van der Waals surface area (Å²) in [7, 11) is -0.969. The van der Waals surface area contributed by atoms with Crippen LogP contribution >= 0.6 is 0 Å². The van der Waals surface area contributed by atoms with Crippen molar-refractivity contribution in [3.63, 3.8) is 0 Å². The molecule has 82 valence electrons. The number of halogens is 1. The Labute approximate surface area is 91.3 Å². The predicted octanol–water partition coefficient (Wildman–Crippen LogP) is 1.99. The molecular formula is C11H14FNOS. The molecule has 2 rings (SSSR count). The third kappa shape index (κ3) is 2.11. The summed E-state index contributed by atoms with van der Waals surface area (Å²) in [6.45, 7) is 2.95. The summed E-state index contributed by atoms with van der Waals surface area (Å²) in [5.74, 6) is 0.314. The highest BCUT2D eigenvalue weighted by Gasteiger charge is 2.27. The normalized spacial score (nSPS) is 24.1. The number of hydrogen-bond acceptors (Lipinski definition) is 2. The maximum atomic E-state index is 13.1. The van der Waals surface area contributed by atoms with E-state index >= 15 is 0 Å². The summed E-state index contributed by atoms with van der Waals surface area (Å²) >= 11 is 0. The third-order valence-electron chi connectivity index (χ3n) is 2.55. The van der Waals surface area contributed by atoms with Crippen molar-refractivity contribution < 1.29 is 8.60 Å². The van der Waals surface area contributed by atoms with E-state index in [1.807, 2.05) is 0 Å². The summed E-state index contributed by atoms with van der Waals surface area (Å²) in [6.07, 6.45) is 1.02. The summed E-state index contributed by atoms with van der Waals surface area (Å²) in [6, 6.07) is 4.55. The van der Waals surface area contributed by atoms with E-state index in [1.165, 1.54) is 12.1 Å². The van der Waals surface area contributed by atoms with Crippen LogP contribution in [0.4, 0.5) is 4.39 Å². The van der Waals surface area contributed by atoms with Crippen molar-refractivity contribution in [3.05, 3.63) is 29.6 Å². The van der Waals surface area contributed by atoms with Gasteiger partial charge < -0.3 is 5.32 Å². The molecule has 4 heteroatoms. The maximum Gasteiger partial charge on any atom is 0.123 e. The summed E-state index contributed by atoms with van der Waals surface area (Å²) < 4.78 is 24.8. The first-order chi connectivity index (χ1) is 7.22. The van der Waals surface area contributed by atoms with Gasteiger partial charge in [0.2, 0.25) is 0 Å². The molecular weight excluding hydrogens is 213 g/mol. The average molecular weight is 227 g/mol. The van der Waals surface area contributed by atoms with Gasteiger partial charge in [-0.15, -0.1) is 0 Å². The highest BCUT2D eigenvalue weighted by Crippen LogP contribution is 2.31. The van der Waals surface area contributed by atoms with Gasteiger partial charge in [0.1, 0.15) is 5.82 Å². The maximum absolute atomic E-state index is 13.1. The number of fused-ring (bicyclic) bond motifs is 1. The van der Waals surface area contributed by atoms with E-state index in [0.717, 1.165) is 23.4 Å². The molecule has 2 unspecified atom stereocenters. The second kappa shape index (κ2) is 4.41. The lowest BCUT2D eigenvalue weighted by Gasteiger charge is -2.11. The number of benzene rings is 1. The van der Waals surface area contributed by atoms with Crippen LogP contribution in [0.15, 0.2) is 23.1 Å². The molecule has 1 aromatic carbocycles. The predicted molar refractivity (Wildman–Crippen MR) is 58.7 cm³/mol. The lowest BCUT2D eigenvalue weighted by molar-refractivity contribution is 0.567. The van der Waals surface area contributed by atoms with E-state index < -0.39 is 10.8 Å². The van der Waals surface area contributed by atoms with Crippen LogP contribution < -0.4 is 5.32 Å². The van der Waals surface area contributed by atoms with Crippen LogP contribution in [-0.2, 0) is 10.8 Å². The molecule has 2 nitrogen and oxygen atoms in total. The first-order valence-corrected chi connectivity index (χ1v) is 6.45. The second-order valence-corrected chi connectivity index (χ2v) is 5.17. The van der Waals surface area contributed by atoms with Gasteiger partial charge in [-0.05, 0) is 36.7 Å². The van der Waals surface area contributed by atoms with Crippen molar-refractivity contribution >= 4 is 10.8 Å². The first kappa shape index (κ1) is 10.8. The van der Waals surface area contributed by atoms with Crippen LogP contribution in [0.3, 0.4) is 0 Å². The number of nitrogens with one attached hydrogen (secondary N) is 1. The zero-order valence-corrected chi connectivity index (χ0v) is 9.44. The molecule has 0 fully saturated rings. The SMILES string of the molecule is CCCNC1CS(=O)c2ccc(F)cc21. The molecule has 1 N–H and O–H groups in total. The highest BCUT2D eigenvalue weighted by atomic mass is 32.2. The molecule has 1 aromatic rings. The standard InChI is InChI=1S/C11H14FNOS/c1-2-5-13-10-7-15(14)11-4-3-8(12)6-9(10)11/h3-4,6,10,13H,2,5,7H2,1H3. The molecule has 1 aliphatic heterocycles. The number of rotatable bonds is 3. The van der Waals surface area contributed by atoms with Gasteiger partial charge in [-0.1, -0.05) is 6.92 Å². The van der Waals surface area contributed by atoms with Crippen molar-refractivity contribution in [2.45, 2.75) is 24.3 Å². The molecule has 0 radical (unpaired) electrons. The van der Waals surface area contributed by atoms with Crippen molar-refractivity contribution in [2.24, 2.45) is 0 Å². The van der Waals surface area contributed by atoms with E-state index in [2.05, 4.69) is 12.2 Å². The Kier molecular flexibility index (Phi) is 3.17. The third-order valence-corrected chi connectivity index (χ3v) is 4.05. The van der Waals surface area contributed by atoms with Crippen LogP contribution in [0.5, 0.6) is 0 Å². The van der Waals surface area contributed by atoms with Crippen LogP contribution in [0, 0.1) is 5.82 Å². The van der Waals surface area contributed by atoms with Crippen molar-refractivity contribution in [3.8, 4) is 0 Å². The fourth-order valence-electron chi connectivity index (χ4n) is 1.82.